The monoisotopic (exact) mass is 308 g/mol. The zero-order valence-corrected chi connectivity index (χ0v) is 13.4. The van der Waals surface area contributed by atoms with Crippen molar-refractivity contribution in [3.8, 4) is 5.75 Å². The Labute approximate surface area is 130 Å². The first kappa shape index (κ1) is 15.9. The smallest absolute Gasteiger partial charge is 0.130 e. The molecule has 1 aromatic heterocycles. The highest BCUT2D eigenvalue weighted by Gasteiger charge is 2.12. The lowest BCUT2D eigenvalue weighted by molar-refractivity contribution is 0.189. The molecular formula is C16H21ClN2O2. The summed E-state index contributed by atoms with van der Waals surface area (Å²) < 4.78 is 7.80. The summed E-state index contributed by atoms with van der Waals surface area (Å²) in [6.45, 7) is 7.06. The molecule has 0 bridgehead atoms. The van der Waals surface area contributed by atoms with Crippen LogP contribution in [0.3, 0.4) is 0 Å². The van der Waals surface area contributed by atoms with E-state index in [1.165, 1.54) is 0 Å². The van der Waals surface area contributed by atoms with Gasteiger partial charge in [0.2, 0.25) is 0 Å². The standard InChI is InChI=1S/C16H21ClN2O2/c1-4-13-9-14(19(5-2)18-13)10-21-16-7-6-12(17)8-15(16)11(3)20/h6-9,11,20H,4-5,10H2,1-3H3/t11-/m1/s1. The molecule has 0 fully saturated rings. The number of aryl methyl sites for hydroxylation is 2. The average Bonchev–Trinajstić information content (AvgIpc) is 2.88. The van der Waals surface area contributed by atoms with Crippen molar-refractivity contribution >= 4 is 11.6 Å². The number of halogens is 1. The molecule has 1 N–H and O–H groups in total. The van der Waals surface area contributed by atoms with Crippen molar-refractivity contribution in [1.29, 1.82) is 0 Å². The Kier molecular flexibility index (Phi) is 5.26. The van der Waals surface area contributed by atoms with Crippen molar-refractivity contribution in [2.24, 2.45) is 0 Å². The molecular weight excluding hydrogens is 288 g/mol. The summed E-state index contributed by atoms with van der Waals surface area (Å²) in [5.41, 5.74) is 2.78. The van der Waals surface area contributed by atoms with Gasteiger partial charge in [-0.2, -0.15) is 5.10 Å². The normalized spacial score (nSPS) is 12.4. The molecule has 0 aliphatic heterocycles. The third-order valence-corrected chi connectivity index (χ3v) is 3.61. The van der Waals surface area contributed by atoms with Gasteiger partial charge in [0.25, 0.3) is 0 Å². The molecule has 114 valence electrons. The minimum atomic E-state index is -0.624. The Morgan fingerprint density at radius 3 is 2.71 bits per heavy atom. The van der Waals surface area contributed by atoms with Crippen molar-refractivity contribution in [3.63, 3.8) is 0 Å². The van der Waals surface area contributed by atoms with E-state index in [2.05, 4.69) is 25.0 Å². The molecule has 0 spiro atoms. The summed E-state index contributed by atoms with van der Waals surface area (Å²) in [6.07, 6.45) is 0.279. The molecule has 1 aromatic carbocycles. The second kappa shape index (κ2) is 6.96. The van der Waals surface area contributed by atoms with E-state index in [0.717, 1.165) is 24.4 Å². The van der Waals surface area contributed by atoms with Gasteiger partial charge in [0.15, 0.2) is 0 Å². The van der Waals surface area contributed by atoms with Gasteiger partial charge < -0.3 is 9.84 Å². The maximum absolute atomic E-state index is 9.81. The van der Waals surface area contributed by atoms with Crippen LogP contribution in [0.15, 0.2) is 24.3 Å². The van der Waals surface area contributed by atoms with E-state index in [4.69, 9.17) is 16.3 Å². The second-order valence-corrected chi connectivity index (χ2v) is 5.38. The number of benzene rings is 1. The summed E-state index contributed by atoms with van der Waals surface area (Å²) >= 11 is 5.97. The van der Waals surface area contributed by atoms with Crippen LogP contribution < -0.4 is 4.74 Å². The van der Waals surface area contributed by atoms with E-state index in [-0.39, 0.29) is 0 Å². The van der Waals surface area contributed by atoms with Gasteiger partial charge in [-0.05, 0) is 44.5 Å². The predicted molar refractivity (Wildman–Crippen MR) is 83.7 cm³/mol. The van der Waals surface area contributed by atoms with E-state index in [1.807, 2.05) is 4.68 Å². The highest BCUT2D eigenvalue weighted by Crippen LogP contribution is 2.29. The van der Waals surface area contributed by atoms with Crippen LogP contribution in [0.1, 0.15) is 43.8 Å². The topological polar surface area (TPSA) is 47.3 Å². The molecule has 0 unspecified atom stereocenters. The number of aromatic nitrogens is 2. The number of rotatable bonds is 6. The fourth-order valence-electron chi connectivity index (χ4n) is 2.21. The lowest BCUT2D eigenvalue weighted by atomic mass is 10.1. The van der Waals surface area contributed by atoms with Crippen molar-refractivity contribution < 1.29 is 9.84 Å². The lowest BCUT2D eigenvalue weighted by Gasteiger charge is -2.14. The van der Waals surface area contributed by atoms with Gasteiger partial charge in [0, 0.05) is 17.1 Å². The van der Waals surface area contributed by atoms with Gasteiger partial charge >= 0.3 is 0 Å². The van der Waals surface area contributed by atoms with Crippen LogP contribution in [0.5, 0.6) is 5.75 Å². The maximum Gasteiger partial charge on any atom is 0.130 e. The van der Waals surface area contributed by atoms with Gasteiger partial charge in [0.05, 0.1) is 17.5 Å². The Balaban J connectivity index is 2.18. The first-order chi connectivity index (χ1) is 10.0. The quantitative estimate of drug-likeness (QED) is 0.884. The number of ether oxygens (including phenoxy) is 1. The summed E-state index contributed by atoms with van der Waals surface area (Å²) in [6, 6.07) is 7.34. The van der Waals surface area contributed by atoms with Crippen molar-refractivity contribution in [2.75, 3.05) is 0 Å². The van der Waals surface area contributed by atoms with Crippen molar-refractivity contribution in [3.05, 3.63) is 46.2 Å². The summed E-state index contributed by atoms with van der Waals surface area (Å²) in [7, 11) is 0. The number of aliphatic hydroxyl groups is 1. The molecule has 21 heavy (non-hydrogen) atoms. The molecule has 1 atom stereocenters. The Morgan fingerprint density at radius 2 is 2.10 bits per heavy atom. The van der Waals surface area contributed by atoms with Gasteiger partial charge in [-0.15, -0.1) is 0 Å². The number of hydrogen-bond donors (Lipinski definition) is 1. The van der Waals surface area contributed by atoms with Crippen molar-refractivity contribution in [2.45, 2.75) is 46.4 Å². The van der Waals surface area contributed by atoms with Crippen LogP contribution in [0.25, 0.3) is 0 Å². The van der Waals surface area contributed by atoms with Gasteiger partial charge in [-0.25, -0.2) is 0 Å². The predicted octanol–water partition coefficient (Wildman–Crippen LogP) is 3.75. The molecule has 0 radical (unpaired) electrons. The minimum absolute atomic E-state index is 0.419. The highest BCUT2D eigenvalue weighted by atomic mass is 35.5. The van der Waals surface area contributed by atoms with Crippen LogP contribution in [-0.2, 0) is 19.6 Å². The molecule has 0 aliphatic carbocycles. The SMILES string of the molecule is CCc1cc(COc2ccc(Cl)cc2[C@@H](C)O)n(CC)n1. The van der Waals surface area contributed by atoms with E-state index in [9.17, 15) is 5.11 Å². The van der Waals surface area contributed by atoms with Crippen LogP contribution in [0, 0.1) is 0 Å². The summed E-state index contributed by atoms with van der Waals surface area (Å²) in [5.74, 6) is 0.649. The fourth-order valence-corrected chi connectivity index (χ4v) is 2.39. The molecule has 2 aromatic rings. The first-order valence-electron chi connectivity index (χ1n) is 7.21. The molecule has 0 saturated heterocycles. The Hall–Kier alpha value is -1.52. The van der Waals surface area contributed by atoms with E-state index < -0.39 is 6.10 Å². The van der Waals surface area contributed by atoms with E-state index in [0.29, 0.717) is 22.9 Å². The summed E-state index contributed by atoms with van der Waals surface area (Å²) in [4.78, 5) is 0. The highest BCUT2D eigenvalue weighted by molar-refractivity contribution is 6.30. The zero-order chi connectivity index (χ0) is 15.4. The third-order valence-electron chi connectivity index (χ3n) is 3.37. The van der Waals surface area contributed by atoms with Crippen LogP contribution >= 0.6 is 11.6 Å². The van der Waals surface area contributed by atoms with Gasteiger partial charge in [-0.3, -0.25) is 4.68 Å². The maximum atomic E-state index is 9.81. The molecule has 4 nitrogen and oxygen atoms in total. The second-order valence-electron chi connectivity index (χ2n) is 4.94. The molecule has 0 amide bonds. The zero-order valence-electron chi connectivity index (χ0n) is 12.6. The van der Waals surface area contributed by atoms with Gasteiger partial charge in [-0.1, -0.05) is 18.5 Å². The number of nitrogens with zero attached hydrogens (tertiary/aromatic N) is 2. The first-order valence-corrected chi connectivity index (χ1v) is 7.58. The van der Waals surface area contributed by atoms with Crippen molar-refractivity contribution in [1.82, 2.24) is 9.78 Å². The van der Waals surface area contributed by atoms with Gasteiger partial charge in [0.1, 0.15) is 12.4 Å². The van der Waals surface area contributed by atoms with Crippen LogP contribution in [0.2, 0.25) is 5.02 Å². The average molecular weight is 309 g/mol. The fraction of sp³-hybridized carbons (Fsp3) is 0.438. The number of hydrogen-bond acceptors (Lipinski definition) is 3. The van der Waals surface area contributed by atoms with E-state index in [1.54, 1.807) is 25.1 Å². The molecule has 5 heteroatoms. The molecule has 2 rings (SSSR count). The summed E-state index contributed by atoms with van der Waals surface area (Å²) in [5, 5.41) is 14.9. The third kappa shape index (κ3) is 3.77. The largest absolute Gasteiger partial charge is 0.487 e. The molecule has 0 saturated carbocycles. The number of aliphatic hydroxyl groups excluding tert-OH is 1. The Bertz CT molecular complexity index is 608. The Morgan fingerprint density at radius 1 is 1.33 bits per heavy atom. The van der Waals surface area contributed by atoms with Crippen LogP contribution in [0.4, 0.5) is 0 Å². The van der Waals surface area contributed by atoms with E-state index >= 15 is 0 Å². The lowest BCUT2D eigenvalue weighted by Crippen LogP contribution is -2.07. The minimum Gasteiger partial charge on any atom is -0.487 e. The molecule has 1 heterocycles. The van der Waals surface area contributed by atoms with Crippen LogP contribution in [-0.4, -0.2) is 14.9 Å². The molecule has 0 aliphatic rings.